The maximum Gasteiger partial charge on any atom is 0.351 e. The summed E-state index contributed by atoms with van der Waals surface area (Å²) in [6.07, 6.45) is -4.45. The third-order valence-corrected chi connectivity index (χ3v) is 3.84. The van der Waals surface area contributed by atoms with Gasteiger partial charge in [-0.05, 0) is 12.5 Å². The number of nitrogen functional groups attached to an aromatic ring is 1. The van der Waals surface area contributed by atoms with Crippen LogP contribution in [0.3, 0.4) is 0 Å². The third kappa shape index (κ3) is 4.35. The van der Waals surface area contributed by atoms with E-state index >= 15 is 0 Å². The van der Waals surface area contributed by atoms with Crippen molar-refractivity contribution in [2.75, 3.05) is 12.3 Å². The Labute approximate surface area is 146 Å². The van der Waals surface area contributed by atoms with Crippen molar-refractivity contribution >= 4 is 17.8 Å². The number of aliphatic carboxylic acids is 1. The fraction of sp³-hybridized carbons (Fsp3) is 0.571. The minimum Gasteiger partial charge on any atom is -0.481 e. The molecule has 1 aromatic rings. The van der Waals surface area contributed by atoms with Gasteiger partial charge in [0.05, 0.1) is 6.61 Å². The Balaban J connectivity index is 2.20. The topological polar surface area (TPSA) is 200 Å². The highest BCUT2D eigenvalue weighted by molar-refractivity contribution is 5.77. The number of rotatable bonds is 7. The quantitative estimate of drug-likeness (QED) is 0.309. The maximum atomic E-state index is 12.1. The summed E-state index contributed by atoms with van der Waals surface area (Å²) < 4.78 is 11.5. The van der Waals surface area contributed by atoms with E-state index in [0.29, 0.717) is 0 Å². The Morgan fingerprint density at radius 1 is 1.46 bits per heavy atom. The number of esters is 1. The smallest absolute Gasteiger partial charge is 0.351 e. The van der Waals surface area contributed by atoms with Crippen LogP contribution in [0, 0.1) is 0 Å². The first-order valence-electron chi connectivity index (χ1n) is 7.71. The normalized spacial score (nSPS) is 26.4. The van der Waals surface area contributed by atoms with E-state index in [1.54, 1.807) is 0 Å². The van der Waals surface area contributed by atoms with E-state index in [9.17, 15) is 24.6 Å². The molecule has 0 radical (unpaired) electrons. The number of ether oxygens (including phenoxy) is 2. The fourth-order valence-corrected chi connectivity index (χ4v) is 2.46. The average Bonchev–Trinajstić information content (AvgIpc) is 2.88. The number of carbonyl (C=O) groups excluding carboxylic acids is 1. The van der Waals surface area contributed by atoms with Gasteiger partial charge in [0.2, 0.25) is 0 Å². The highest BCUT2D eigenvalue weighted by atomic mass is 16.6. The van der Waals surface area contributed by atoms with Crippen molar-refractivity contribution in [1.82, 2.24) is 9.55 Å². The van der Waals surface area contributed by atoms with Crippen LogP contribution >= 0.6 is 0 Å². The van der Waals surface area contributed by atoms with E-state index in [0.717, 1.165) is 4.57 Å². The van der Waals surface area contributed by atoms with Crippen LogP contribution in [-0.4, -0.2) is 67.8 Å². The summed E-state index contributed by atoms with van der Waals surface area (Å²) in [5.41, 5.74) is 10.2. The summed E-state index contributed by atoms with van der Waals surface area (Å²) >= 11 is 0. The molecule has 12 heteroatoms. The largest absolute Gasteiger partial charge is 0.481 e. The van der Waals surface area contributed by atoms with E-state index in [-0.39, 0.29) is 18.7 Å². The molecule has 1 aromatic heterocycles. The molecule has 12 nitrogen and oxygen atoms in total. The third-order valence-electron chi connectivity index (χ3n) is 3.84. The summed E-state index contributed by atoms with van der Waals surface area (Å²) in [6, 6.07) is 0.0642. The van der Waals surface area contributed by atoms with Crippen LogP contribution in [0.25, 0.3) is 0 Å². The summed E-state index contributed by atoms with van der Waals surface area (Å²) in [4.78, 5) is 38.1. The minimum absolute atomic E-state index is 0.0345. The summed E-state index contributed by atoms with van der Waals surface area (Å²) in [5, 5.41) is 28.1. The van der Waals surface area contributed by atoms with Crippen LogP contribution in [0.1, 0.15) is 19.1 Å². The van der Waals surface area contributed by atoms with Gasteiger partial charge in [0, 0.05) is 12.6 Å². The molecule has 1 fully saturated rings. The lowest BCUT2D eigenvalue weighted by Crippen LogP contribution is -2.43. The lowest BCUT2D eigenvalue weighted by molar-refractivity contribution is -0.160. The zero-order valence-electron chi connectivity index (χ0n) is 13.6. The van der Waals surface area contributed by atoms with Gasteiger partial charge in [-0.2, -0.15) is 4.98 Å². The highest BCUT2D eigenvalue weighted by Crippen LogP contribution is 2.31. The molecule has 0 aliphatic carbocycles. The van der Waals surface area contributed by atoms with Gasteiger partial charge in [0.25, 0.3) is 0 Å². The van der Waals surface area contributed by atoms with Gasteiger partial charge in [-0.3, -0.25) is 14.2 Å². The minimum atomic E-state index is -1.44. The number of aliphatic hydroxyl groups excluding tert-OH is 2. The number of hydrogen-bond donors (Lipinski definition) is 5. The molecule has 0 amide bonds. The van der Waals surface area contributed by atoms with Crippen molar-refractivity contribution in [2.45, 2.75) is 43.4 Å². The predicted octanol–water partition coefficient (Wildman–Crippen LogP) is -2.82. The Morgan fingerprint density at radius 2 is 2.15 bits per heavy atom. The average molecular weight is 372 g/mol. The Bertz CT molecular complexity index is 723. The van der Waals surface area contributed by atoms with E-state index in [4.69, 9.17) is 26.0 Å². The molecule has 1 saturated heterocycles. The number of carbonyl (C=O) groups is 2. The molecule has 0 bridgehead atoms. The molecule has 144 valence electrons. The van der Waals surface area contributed by atoms with Crippen LogP contribution < -0.4 is 17.2 Å². The van der Waals surface area contributed by atoms with Crippen molar-refractivity contribution in [3.63, 3.8) is 0 Å². The molecule has 1 aliphatic rings. The van der Waals surface area contributed by atoms with Crippen molar-refractivity contribution in [3.05, 3.63) is 22.7 Å². The number of carboxylic acid groups (broad SMARTS) is 1. The van der Waals surface area contributed by atoms with Crippen molar-refractivity contribution in [1.29, 1.82) is 0 Å². The van der Waals surface area contributed by atoms with Crippen LogP contribution in [0.15, 0.2) is 17.1 Å². The number of aromatic nitrogens is 2. The van der Waals surface area contributed by atoms with Gasteiger partial charge in [-0.25, -0.2) is 4.79 Å². The number of hydrogen-bond acceptors (Lipinski definition) is 10. The maximum absolute atomic E-state index is 12.1. The SMILES string of the molecule is Nc1ccn([C@@H]2O[C@H](CO)[C@@H](O)[C@H]2OC(=O)[C@@H](N)CCC(=O)O)c(=O)n1. The summed E-state index contributed by atoms with van der Waals surface area (Å²) in [6.45, 7) is -0.589. The molecule has 1 aliphatic heterocycles. The first-order valence-corrected chi connectivity index (χ1v) is 7.71. The van der Waals surface area contributed by atoms with Gasteiger partial charge in [0.1, 0.15) is 24.1 Å². The second kappa shape index (κ2) is 8.23. The number of nitrogens with zero attached hydrogens (tertiary/aromatic N) is 2. The van der Waals surface area contributed by atoms with Crippen molar-refractivity contribution in [2.24, 2.45) is 5.73 Å². The van der Waals surface area contributed by atoms with E-state index in [1.165, 1.54) is 12.3 Å². The zero-order chi connectivity index (χ0) is 19.4. The van der Waals surface area contributed by atoms with Gasteiger partial charge in [-0.1, -0.05) is 0 Å². The molecule has 0 saturated carbocycles. The molecule has 2 rings (SSSR count). The van der Waals surface area contributed by atoms with Crippen LogP contribution in [0.2, 0.25) is 0 Å². The Kier molecular flexibility index (Phi) is 6.26. The van der Waals surface area contributed by atoms with E-state index < -0.39 is 54.8 Å². The number of anilines is 1. The Hall–Kier alpha value is -2.54. The summed E-state index contributed by atoms with van der Waals surface area (Å²) in [5.74, 6) is -2.14. The second-order valence-corrected chi connectivity index (χ2v) is 5.72. The van der Waals surface area contributed by atoms with E-state index in [1.807, 2.05) is 0 Å². The zero-order valence-corrected chi connectivity index (χ0v) is 13.6. The Morgan fingerprint density at radius 3 is 2.73 bits per heavy atom. The molecule has 7 N–H and O–H groups in total. The molecular weight excluding hydrogens is 352 g/mol. The van der Waals surface area contributed by atoms with Gasteiger partial charge < -0.3 is 36.3 Å². The lowest BCUT2D eigenvalue weighted by Gasteiger charge is -2.23. The van der Waals surface area contributed by atoms with Crippen LogP contribution in [0.5, 0.6) is 0 Å². The van der Waals surface area contributed by atoms with Gasteiger partial charge in [0.15, 0.2) is 12.3 Å². The van der Waals surface area contributed by atoms with Gasteiger partial charge >= 0.3 is 17.6 Å². The first-order chi connectivity index (χ1) is 12.2. The highest BCUT2D eigenvalue weighted by Gasteiger charge is 2.47. The molecule has 0 aromatic carbocycles. The monoisotopic (exact) mass is 372 g/mol. The van der Waals surface area contributed by atoms with E-state index in [2.05, 4.69) is 4.98 Å². The number of nitrogens with two attached hydrogens (primary N) is 2. The molecular formula is C14H20N4O8. The van der Waals surface area contributed by atoms with Crippen molar-refractivity contribution < 1.29 is 34.4 Å². The molecule has 26 heavy (non-hydrogen) atoms. The standard InChI is InChI=1S/C14H20N4O8/c15-6(1-2-9(20)21)13(23)26-11-10(22)7(5-19)25-12(11)18-4-3-8(16)17-14(18)24/h3-4,6-7,10-12,19,22H,1-2,5,15H2,(H,20,21)(H2,16,17,24)/t6-,7+,10+,11+,12+/m0/s1. The second-order valence-electron chi connectivity index (χ2n) is 5.72. The number of carboxylic acids is 1. The molecule has 2 heterocycles. The fourth-order valence-electron chi connectivity index (χ4n) is 2.46. The van der Waals surface area contributed by atoms with Crippen molar-refractivity contribution in [3.8, 4) is 0 Å². The summed E-state index contributed by atoms with van der Waals surface area (Å²) in [7, 11) is 0. The van der Waals surface area contributed by atoms with Crippen LogP contribution in [0.4, 0.5) is 5.82 Å². The predicted molar refractivity (Wildman–Crippen MR) is 84.6 cm³/mol. The lowest BCUT2D eigenvalue weighted by atomic mass is 10.1. The molecule has 0 spiro atoms. The molecule has 0 unspecified atom stereocenters. The van der Waals surface area contributed by atoms with Gasteiger partial charge in [-0.15, -0.1) is 0 Å². The number of aliphatic hydroxyl groups is 2. The van der Waals surface area contributed by atoms with Crippen LogP contribution in [-0.2, 0) is 19.1 Å². The first kappa shape index (κ1) is 19.8. The molecule has 5 atom stereocenters.